The topological polar surface area (TPSA) is 92.2 Å². The number of nitrogens with one attached hydrogen (secondary N) is 2. The van der Waals surface area contributed by atoms with Crippen molar-refractivity contribution in [2.24, 2.45) is 17.8 Å². The number of thiophene rings is 1. The van der Waals surface area contributed by atoms with Crippen LogP contribution in [-0.2, 0) is 4.79 Å². The molecular formula is C30H42F2N6O2S. The molecule has 4 heterocycles. The van der Waals surface area contributed by atoms with E-state index in [4.69, 9.17) is 0 Å². The van der Waals surface area contributed by atoms with Gasteiger partial charge in [0.2, 0.25) is 11.8 Å². The van der Waals surface area contributed by atoms with E-state index in [2.05, 4.69) is 51.1 Å². The van der Waals surface area contributed by atoms with Crippen molar-refractivity contribution in [2.75, 3.05) is 13.6 Å². The van der Waals surface area contributed by atoms with Crippen LogP contribution in [0.25, 0.3) is 0 Å². The van der Waals surface area contributed by atoms with E-state index >= 15 is 0 Å². The molecule has 2 bridgehead atoms. The summed E-state index contributed by atoms with van der Waals surface area (Å²) >= 11 is 1.40. The second-order valence-electron chi connectivity index (χ2n) is 13.0. The Morgan fingerprint density at radius 2 is 1.78 bits per heavy atom. The van der Waals surface area contributed by atoms with Crippen LogP contribution < -0.4 is 10.6 Å². The van der Waals surface area contributed by atoms with E-state index in [-0.39, 0.29) is 43.5 Å². The molecule has 2 aliphatic heterocycles. The highest BCUT2D eigenvalue weighted by atomic mass is 32.1. The molecule has 11 heteroatoms. The number of amides is 2. The van der Waals surface area contributed by atoms with Crippen LogP contribution in [0, 0.1) is 24.7 Å². The summed E-state index contributed by atoms with van der Waals surface area (Å²) in [5.74, 6) is 0.518. The fraction of sp³-hybridized carbons (Fsp3) is 0.733. The first-order valence-electron chi connectivity index (χ1n) is 15.2. The number of halogens is 2. The van der Waals surface area contributed by atoms with Crippen molar-refractivity contribution in [1.82, 2.24) is 30.3 Å². The number of nitrogens with zero attached hydrogens (tertiary/aromatic N) is 4. The highest BCUT2D eigenvalue weighted by molar-refractivity contribution is 7.14. The van der Waals surface area contributed by atoms with Crippen LogP contribution in [0.1, 0.15) is 109 Å². The molecular weight excluding hydrogens is 546 g/mol. The average molecular weight is 589 g/mol. The Hall–Kier alpha value is -2.40. The normalized spacial score (nSPS) is 29.8. The largest absolute Gasteiger partial charge is 0.354 e. The first-order chi connectivity index (χ1) is 19.6. The number of aromatic nitrogens is 3. The standard InChI is InChI=1S/C30H42F2N6O2S/c1-16(2)27-36-35-17(3)38(27)19-13-23-20-15-21(20)24(14-19)37(23)12-9-22(25-5-6-26(41-25)29(40)33-4)34-28(39)18-7-10-30(31,32)11-8-18/h5-6,16,18-24H,7-15H2,1-4H3,(H,33,40)(H,34,39)/t19?,20?,21?,22-,23?,24?/m0/s1. The third-order valence-electron chi connectivity index (χ3n) is 10.0. The summed E-state index contributed by atoms with van der Waals surface area (Å²) in [4.78, 5) is 29.8. The van der Waals surface area contributed by atoms with Gasteiger partial charge in [-0.05, 0) is 69.4 Å². The van der Waals surface area contributed by atoms with Crippen LogP contribution in [0.15, 0.2) is 12.1 Å². The Balaban J connectivity index is 1.16. The minimum atomic E-state index is -2.67. The summed E-state index contributed by atoms with van der Waals surface area (Å²) < 4.78 is 29.9. The Morgan fingerprint density at radius 1 is 1.10 bits per heavy atom. The van der Waals surface area contributed by atoms with Gasteiger partial charge in [-0.3, -0.25) is 14.5 Å². The predicted molar refractivity (Wildman–Crippen MR) is 153 cm³/mol. The van der Waals surface area contributed by atoms with Crippen molar-refractivity contribution < 1.29 is 18.4 Å². The lowest BCUT2D eigenvalue weighted by Gasteiger charge is -2.43. The molecule has 0 radical (unpaired) electrons. The van der Waals surface area contributed by atoms with Crippen molar-refractivity contribution in [2.45, 2.75) is 108 Å². The maximum atomic E-state index is 13.7. The zero-order valence-corrected chi connectivity index (χ0v) is 25.2. The van der Waals surface area contributed by atoms with Crippen LogP contribution in [0.5, 0.6) is 0 Å². The zero-order valence-electron chi connectivity index (χ0n) is 24.4. The van der Waals surface area contributed by atoms with Crippen LogP contribution in [-0.4, -0.2) is 63.1 Å². The van der Waals surface area contributed by atoms with Crippen molar-refractivity contribution in [1.29, 1.82) is 0 Å². The molecule has 4 fully saturated rings. The molecule has 6 rings (SSSR count). The molecule has 2 amide bonds. The molecule has 0 aromatic carbocycles. The van der Waals surface area contributed by atoms with Crippen molar-refractivity contribution in [3.05, 3.63) is 33.5 Å². The Kier molecular flexibility index (Phi) is 7.72. The molecule has 0 spiro atoms. The first kappa shape index (κ1) is 28.7. The third kappa shape index (κ3) is 5.56. The van der Waals surface area contributed by atoms with E-state index in [0.29, 0.717) is 28.9 Å². The van der Waals surface area contributed by atoms with E-state index in [9.17, 15) is 18.4 Å². The fourth-order valence-corrected chi connectivity index (χ4v) is 8.89. The number of hydrogen-bond acceptors (Lipinski definition) is 6. The van der Waals surface area contributed by atoms with Crippen molar-refractivity contribution >= 4 is 23.2 Å². The molecule has 2 saturated heterocycles. The lowest BCUT2D eigenvalue weighted by atomic mass is 9.86. The summed E-state index contributed by atoms with van der Waals surface area (Å²) in [5, 5.41) is 14.8. The van der Waals surface area contributed by atoms with Gasteiger partial charge in [-0.2, -0.15) is 0 Å². The number of rotatable bonds is 9. The van der Waals surface area contributed by atoms with Crippen LogP contribution in [0.4, 0.5) is 8.78 Å². The van der Waals surface area contributed by atoms with Gasteiger partial charge in [-0.15, -0.1) is 21.5 Å². The van der Waals surface area contributed by atoms with Gasteiger partial charge >= 0.3 is 0 Å². The predicted octanol–water partition coefficient (Wildman–Crippen LogP) is 5.23. The van der Waals surface area contributed by atoms with Crippen LogP contribution in [0.3, 0.4) is 0 Å². The molecule has 224 valence electrons. The molecule has 2 saturated carbocycles. The highest BCUT2D eigenvalue weighted by Crippen LogP contribution is 2.60. The van der Waals surface area contributed by atoms with Gasteiger partial charge in [0.25, 0.3) is 5.91 Å². The van der Waals surface area contributed by atoms with Crippen molar-refractivity contribution in [3.63, 3.8) is 0 Å². The molecule has 2 N–H and O–H groups in total. The summed E-state index contributed by atoms with van der Waals surface area (Å²) in [6.45, 7) is 7.26. The number of carbonyl (C=O) groups is 2. The summed E-state index contributed by atoms with van der Waals surface area (Å²) in [7, 11) is 1.61. The van der Waals surface area contributed by atoms with E-state index in [0.717, 1.165) is 54.2 Å². The summed E-state index contributed by atoms with van der Waals surface area (Å²) in [6.07, 6.45) is 4.16. The first-order valence-corrected chi connectivity index (χ1v) is 16.0. The second kappa shape index (κ2) is 11.0. The van der Waals surface area contributed by atoms with Gasteiger partial charge < -0.3 is 15.2 Å². The third-order valence-corrected chi connectivity index (χ3v) is 11.2. The van der Waals surface area contributed by atoms with Gasteiger partial charge in [0.15, 0.2) is 0 Å². The number of carbonyl (C=O) groups excluding carboxylic acids is 2. The minimum absolute atomic E-state index is 0.144. The minimum Gasteiger partial charge on any atom is -0.354 e. The number of hydrogen-bond donors (Lipinski definition) is 2. The van der Waals surface area contributed by atoms with Gasteiger partial charge in [-0.25, -0.2) is 8.78 Å². The molecule has 4 aliphatic rings. The lowest BCUT2D eigenvalue weighted by Crippen LogP contribution is -2.48. The van der Waals surface area contributed by atoms with Gasteiger partial charge in [-0.1, -0.05) is 13.8 Å². The van der Waals surface area contributed by atoms with Crippen LogP contribution in [0.2, 0.25) is 0 Å². The molecule has 5 atom stereocenters. The monoisotopic (exact) mass is 588 g/mol. The number of alkyl halides is 2. The van der Waals surface area contributed by atoms with E-state index < -0.39 is 11.8 Å². The number of piperidine rings is 2. The Bertz CT molecular complexity index is 1270. The molecule has 8 nitrogen and oxygen atoms in total. The van der Waals surface area contributed by atoms with E-state index in [1.165, 1.54) is 17.8 Å². The molecule has 4 unspecified atom stereocenters. The maximum Gasteiger partial charge on any atom is 0.261 e. The average Bonchev–Trinajstić information content (AvgIpc) is 3.31. The molecule has 2 aromatic heterocycles. The molecule has 41 heavy (non-hydrogen) atoms. The smallest absolute Gasteiger partial charge is 0.261 e. The van der Waals surface area contributed by atoms with Gasteiger partial charge in [0.05, 0.1) is 10.9 Å². The number of fused-ring (bicyclic) bond motifs is 5. The fourth-order valence-electron chi connectivity index (χ4n) is 7.85. The zero-order chi connectivity index (χ0) is 29.1. The molecule has 2 aromatic rings. The number of aryl methyl sites for hydroxylation is 1. The van der Waals surface area contributed by atoms with Gasteiger partial charge in [0.1, 0.15) is 11.6 Å². The molecule has 2 aliphatic carbocycles. The van der Waals surface area contributed by atoms with Crippen molar-refractivity contribution in [3.8, 4) is 0 Å². The van der Waals surface area contributed by atoms with Crippen LogP contribution >= 0.6 is 11.3 Å². The van der Waals surface area contributed by atoms with Gasteiger partial charge in [0, 0.05) is 61.3 Å². The SMILES string of the molecule is CNC(=O)c1ccc([C@H](CCN2C3CC(n4c(C)nnc4C(C)C)CC2C2CC23)NC(=O)C2CCC(F)(F)CC2)s1. The van der Waals surface area contributed by atoms with E-state index in [1.807, 2.05) is 6.07 Å². The lowest BCUT2D eigenvalue weighted by molar-refractivity contribution is -0.130. The summed E-state index contributed by atoms with van der Waals surface area (Å²) in [6, 6.07) is 4.90. The maximum absolute atomic E-state index is 13.7. The Labute approximate surface area is 244 Å². The quantitative estimate of drug-likeness (QED) is 0.419. The highest BCUT2D eigenvalue weighted by Gasteiger charge is 2.61. The summed E-state index contributed by atoms with van der Waals surface area (Å²) in [5.41, 5.74) is 0. The Morgan fingerprint density at radius 3 is 2.41 bits per heavy atom. The van der Waals surface area contributed by atoms with E-state index in [1.54, 1.807) is 13.1 Å². The second-order valence-corrected chi connectivity index (χ2v) is 14.1.